The minimum absolute atomic E-state index is 0.0699. The standard InChI is InChI=1S/C14H10Cl2FNO3/c15-7-10-6-11(16)2-4-14(10)21-8-9-1-3-13(18(19)20)12(17)5-9/h1-6H,7-8H2. The molecule has 0 atom stereocenters. The maximum absolute atomic E-state index is 13.5. The molecule has 21 heavy (non-hydrogen) atoms. The lowest BCUT2D eigenvalue weighted by Gasteiger charge is -2.10. The van der Waals surface area contributed by atoms with Crippen LogP contribution in [0.3, 0.4) is 0 Å². The molecule has 0 aliphatic rings. The number of ether oxygens (including phenoxy) is 1. The van der Waals surface area contributed by atoms with E-state index in [0.29, 0.717) is 21.9 Å². The Bertz CT molecular complexity index is 679. The van der Waals surface area contributed by atoms with Gasteiger partial charge in [-0.25, -0.2) is 0 Å². The van der Waals surface area contributed by atoms with Crippen LogP contribution in [0.2, 0.25) is 5.02 Å². The smallest absolute Gasteiger partial charge is 0.304 e. The minimum atomic E-state index is -0.894. The minimum Gasteiger partial charge on any atom is -0.489 e. The highest BCUT2D eigenvalue weighted by atomic mass is 35.5. The average Bonchev–Trinajstić information content (AvgIpc) is 2.45. The largest absolute Gasteiger partial charge is 0.489 e. The van der Waals surface area contributed by atoms with E-state index in [-0.39, 0.29) is 12.5 Å². The molecule has 0 spiro atoms. The SMILES string of the molecule is O=[N+]([O-])c1ccc(COc2ccc(Cl)cc2CCl)cc1F. The van der Waals surface area contributed by atoms with Gasteiger partial charge in [0.2, 0.25) is 5.82 Å². The van der Waals surface area contributed by atoms with Gasteiger partial charge in [-0.05, 0) is 35.9 Å². The first-order chi connectivity index (χ1) is 10.0. The summed E-state index contributed by atoms with van der Waals surface area (Å²) in [6.07, 6.45) is 0. The second-order valence-corrected chi connectivity index (χ2v) is 4.92. The maximum atomic E-state index is 13.5. The van der Waals surface area contributed by atoms with Gasteiger partial charge >= 0.3 is 5.69 Å². The number of hydrogen-bond acceptors (Lipinski definition) is 3. The molecule has 0 saturated carbocycles. The predicted molar refractivity (Wildman–Crippen MR) is 78.4 cm³/mol. The molecular formula is C14H10Cl2FNO3. The third kappa shape index (κ3) is 3.83. The van der Waals surface area contributed by atoms with Crippen molar-refractivity contribution in [1.29, 1.82) is 0 Å². The molecule has 2 rings (SSSR count). The van der Waals surface area contributed by atoms with Gasteiger partial charge in [-0.2, -0.15) is 4.39 Å². The number of nitro benzene ring substituents is 1. The van der Waals surface area contributed by atoms with Gasteiger partial charge in [0.15, 0.2) is 0 Å². The first kappa shape index (κ1) is 15.5. The number of alkyl halides is 1. The number of halogens is 3. The van der Waals surface area contributed by atoms with Crippen LogP contribution in [0.1, 0.15) is 11.1 Å². The Labute approximate surface area is 130 Å². The summed E-state index contributed by atoms with van der Waals surface area (Å²) in [7, 11) is 0. The molecule has 0 unspecified atom stereocenters. The molecular weight excluding hydrogens is 320 g/mol. The number of nitro groups is 1. The molecule has 0 aliphatic heterocycles. The van der Waals surface area contributed by atoms with E-state index >= 15 is 0 Å². The van der Waals surface area contributed by atoms with Crippen molar-refractivity contribution in [2.75, 3.05) is 0 Å². The highest BCUT2D eigenvalue weighted by molar-refractivity contribution is 6.30. The van der Waals surface area contributed by atoms with Crippen LogP contribution in [0.4, 0.5) is 10.1 Å². The zero-order valence-electron chi connectivity index (χ0n) is 10.7. The van der Waals surface area contributed by atoms with Crippen LogP contribution in [-0.2, 0) is 12.5 Å². The lowest BCUT2D eigenvalue weighted by atomic mass is 10.2. The summed E-state index contributed by atoms with van der Waals surface area (Å²) in [6.45, 7) is 0.0699. The van der Waals surface area contributed by atoms with E-state index in [0.717, 1.165) is 12.1 Å². The van der Waals surface area contributed by atoms with E-state index in [4.69, 9.17) is 27.9 Å². The number of rotatable bonds is 5. The summed E-state index contributed by atoms with van der Waals surface area (Å²) in [4.78, 5) is 9.76. The third-order valence-electron chi connectivity index (χ3n) is 2.77. The molecule has 110 valence electrons. The Morgan fingerprint density at radius 3 is 2.62 bits per heavy atom. The molecule has 0 amide bonds. The first-order valence-corrected chi connectivity index (χ1v) is 6.82. The second-order valence-electron chi connectivity index (χ2n) is 4.22. The van der Waals surface area contributed by atoms with Crippen LogP contribution in [0.25, 0.3) is 0 Å². The summed E-state index contributed by atoms with van der Waals surface area (Å²) in [6, 6.07) is 8.63. The van der Waals surface area contributed by atoms with Crippen LogP contribution < -0.4 is 4.74 Å². The molecule has 0 N–H and O–H groups in total. The fourth-order valence-corrected chi connectivity index (χ4v) is 2.15. The maximum Gasteiger partial charge on any atom is 0.304 e. The summed E-state index contributed by atoms with van der Waals surface area (Å²) in [5.74, 6) is -0.132. The van der Waals surface area contributed by atoms with Crippen molar-refractivity contribution in [3.63, 3.8) is 0 Å². The van der Waals surface area contributed by atoms with Gasteiger partial charge in [0.05, 0.1) is 10.8 Å². The van der Waals surface area contributed by atoms with Gasteiger partial charge in [-0.1, -0.05) is 11.6 Å². The molecule has 0 bridgehead atoms. The normalized spacial score (nSPS) is 10.4. The topological polar surface area (TPSA) is 52.4 Å². The van der Waals surface area contributed by atoms with Crippen molar-refractivity contribution in [2.24, 2.45) is 0 Å². The van der Waals surface area contributed by atoms with Gasteiger partial charge in [-0.15, -0.1) is 11.6 Å². The lowest BCUT2D eigenvalue weighted by Crippen LogP contribution is -2.00. The van der Waals surface area contributed by atoms with E-state index in [9.17, 15) is 14.5 Å². The number of nitrogens with zero attached hydrogens (tertiary/aromatic N) is 1. The second kappa shape index (κ2) is 6.74. The average molecular weight is 330 g/mol. The van der Waals surface area contributed by atoms with Crippen LogP contribution in [0.15, 0.2) is 36.4 Å². The molecule has 2 aromatic carbocycles. The van der Waals surface area contributed by atoms with E-state index in [2.05, 4.69) is 0 Å². The van der Waals surface area contributed by atoms with Gasteiger partial charge in [0.1, 0.15) is 12.4 Å². The van der Waals surface area contributed by atoms with Crippen LogP contribution in [-0.4, -0.2) is 4.92 Å². The zero-order chi connectivity index (χ0) is 15.4. The first-order valence-electron chi connectivity index (χ1n) is 5.91. The number of benzene rings is 2. The van der Waals surface area contributed by atoms with Crippen molar-refractivity contribution in [1.82, 2.24) is 0 Å². The summed E-state index contributed by atoms with van der Waals surface area (Å²) in [5, 5.41) is 11.1. The van der Waals surface area contributed by atoms with Crippen molar-refractivity contribution < 1.29 is 14.1 Å². The van der Waals surface area contributed by atoms with Crippen LogP contribution >= 0.6 is 23.2 Å². The monoisotopic (exact) mass is 329 g/mol. The highest BCUT2D eigenvalue weighted by Crippen LogP contribution is 2.26. The van der Waals surface area contributed by atoms with Crippen molar-refractivity contribution in [2.45, 2.75) is 12.5 Å². The van der Waals surface area contributed by atoms with Gasteiger partial charge in [0.25, 0.3) is 0 Å². The molecule has 0 aliphatic carbocycles. The molecule has 0 fully saturated rings. The number of hydrogen-bond donors (Lipinski definition) is 0. The summed E-state index contributed by atoms with van der Waals surface area (Å²) >= 11 is 11.6. The third-order valence-corrected chi connectivity index (χ3v) is 3.29. The van der Waals surface area contributed by atoms with E-state index in [1.807, 2.05) is 0 Å². The Kier molecular flexibility index (Phi) is 4.98. The van der Waals surface area contributed by atoms with Crippen molar-refractivity contribution in [3.05, 3.63) is 68.5 Å². The molecule has 0 radical (unpaired) electrons. The Balaban J connectivity index is 2.13. The summed E-state index contributed by atoms with van der Waals surface area (Å²) in [5.41, 5.74) is 0.631. The molecule has 0 aromatic heterocycles. The Hall–Kier alpha value is -1.85. The predicted octanol–water partition coefficient (Wildman–Crippen LogP) is 4.71. The van der Waals surface area contributed by atoms with Gasteiger partial charge in [0, 0.05) is 16.7 Å². The molecule has 4 nitrogen and oxygen atoms in total. The molecule has 0 saturated heterocycles. The van der Waals surface area contributed by atoms with Crippen LogP contribution in [0, 0.1) is 15.9 Å². The van der Waals surface area contributed by atoms with E-state index in [1.165, 1.54) is 6.07 Å². The van der Waals surface area contributed by atoms with Gasteiger partial charge in [-0.3, -0.25) is 10.1 Å². The Morgan fingerprint density at radius 1 is 1.24 bits per heavy atom. The molecule has 0 heterocycles. The van der Waals surface area contributed by atoms with Crippen LogP contribution in [0.5, 0.6) is 5.75 Å². The quantitative estimate of drug-likeness (QED) is 0.453. The zero-order valence-corrected chi connectivity index (χ0v) is 12.2. The van der Waals surface area contributed by atoms with E-state index < -0.39 is 16.4 Å². The van der Waals surface area contributed by atoms with Crippen molar-refractivity contribution >= 4 is 28.9 Å². The summed E-state index contributed by atoms with van der Waals surface area (Å²) < 4.78 is 19.0. The molecule has 7 heteroatoms. The fourth-order valence-electron chi connectivity index (χ4n) is 1.74. The fraction of sp³-hybridized carbons (Fsp3) is 0.143. The van der Waals surface area contributed by atoms with E-state index in [1.54, 1.807) is 18.2 Å². The van der Waals surface area contributed by atoms with Crippen molar-refractivity contribution in [3.8, 4) is 5.75 Å². The highest BCUT2D eigenvalue weighted by Gasteiger charge is 2.14. The Morgan fingerprint density at radius 2 is 2.00 bits per heavy atom. The lowest BCUT2D eigenvalue weighted by molar-refractivity contribution is -0.387. The molecule has 2 aromatic rings. The van der Waals surface area contributed by atoms with Gasteiger partial charge < -0.3 is 4.74 Å².